The topological polar surface area (TPSA) is 55.3 Å². The molecule has 28 heavy (non-hydrogen) atoms. The van der Waals surface area contributed by atoms with Gasteiger partial charge in [0.2, 0.25) is 5.91 Å². The third kappa shape index (κ3) is 4.98. The first-order valence-corrected chi connectivity index (χ1v) is 9.67. The summed E-state index contributed by atoms with van der Waals surface area (Å²) in [5.41, 5.74) is 2.80. The molecule has 2 aromatic carbocycles. The average Bonchev–Trinajstić information content (AvgIpc) is 2.67. The molecule has 0 aliphatic heterocycles. The number of halogens is 1. The summed E-state index contributed by atoms with van der Waals surface area (Å²) in [6, 6.07) is 13.4. The molecule has 0 atom stereocenters. The van der Waals surface area contributed by atoms with Gasteiger partial charge < -0.3 is 9.64 Å². The van der Waals surface area contributed by atoms with Crippen molar-refractivity contribution in [3.05, 3.63) is 64.6 Å². The van der Waals surface area contributed by atoms with Crippen molar-refractivity contribution in [2.45, 2.75) is 33.2 Å². The molecule has 0 saturated carbocycles. The van der Waals surface area contributed by atoms with Gasteiger partial charge in [-0.15, -0.1) is 0 Å². The summed E-state index contributed by atoms with van der Waals surface area (Å²) in [5, 5.41) is 1.75. The van der Waals surface area contributed by atoms with Gasteiger partial charge in [-0.05, 0) is 50.1 Å². The highest BCUT2D eigenvalue weighted by molar-refractivity contribution is 6.31. The van der Waals surface area contributed by atoms with Crippen LogP contribution in [0, 0.1) is 13.8 Å². The van der Waals surface area contributed by atoms with Crippen molar-refractivity contribution in [2.24, 2.45) is 0 Å². The zero-order valence-electron chi connectivity index (χ0n) is 16.4. The molecule has 0 bridgehead atoms. The molecule has 0 aliphatic carbocycles. The molecule has 0 N–H and O–H groups in total. The Kier molecular flexibility index (Phi) is 6.47. The second-order valence-corrected chi connectivity index (χ2v) is 7.26. The van der Waals surface area contributed by atoms with Crippen molar-refractivity contribution >= 4 is 28.4 Å². The summed E-state index contributed by atoms with van der Waals surface area (Å²) in [4.78, 5) is 23.2. The van der Waals surface area contributed by atoms with Crippen LogP contribution in [0.15, 0.2) is 42.5 Å². The molecule has 0 radical (unpaired) electrons. The predicted octanol–water partition coefficient (Wildman–Crippen LogP) is 4.72. The van der Waals surface area contributed by atoms with E-state index in [-0.39, 0.29) is 5.91 Å². The van der Waals surface area contributed by atoms with Crippen LogP contribution in [0.5, 0.6) is 5.75 Å². The molecule has 146 valence electrons. The molecule has 0 saturated heterocycles. The van der Waals surface area contributed by atoms with Crippen LogP contribution in [-0.2, 0) is 11.3 Å². The van der Waals surface area contributed by atoms with E-state index in [4.69, 9.17) is 16.3 Å². The van der Waals surface area contributed by atoms with E-state index in [9.17, 15) is 4.79 Å². The smallest absolute Gasteiger partial charge is 0.222 e. The van der Waals surface area contributed by atoms with Gasteiger partial charge in [0.05, 0.1) is 18.7 Å². The fourth-order valence-corrected chi connectivity index (χ4v) is 3.09. The standard InChI is InChI=1S/C22H24ClN3O2/c1-15-13-17(10-11-19(15)23)28-12-6-9-22(27)26(3)14-21-24-16(2)18-7-4-5-8-20(18)25-21/h4-5,7-8,10-11,13H,6,9,12,14H2,1-3H3. The van der Waals surface area contributed by atoms with Gasteiger partial charge in [0.1, 0.15) is 11.6 Å². The van der Waals surface area contributed by atoms with Gasteiger partial charge >= 0.3 is 0 Å². The number of hydrogen-bond acceptors (Lipinski definition) is 4. The van der Waals surface area contributed by atoms with E-state index < -0.39 is 0 Å². The Morgan fingerprint density at radius 3 is 2.71 bits per heavy atom. The van der Waals surface area contributed by atoms with Gasteiger partial charge in [0, 0.05) is 29.6 Å². The van der Waals surface area contributed by atoms with E-state index in [1.54, 1.807) is 11.9 Å². The van der Waals surface area contributed by atoms with Gasteiger partial charge in [-0.1, -0.05) is 29.8 Å². The molecule has 0 unspecified atom stereocenters. The number of aromatic nitrogens is 2. The molecular formula is C22H24ClN3O2. The molecule has 5 nitrogen and oxygen atoms in total. The van der Waals surface area contributed by atoms with Gasteiger partial charge in [-0.2, -0.15) is 0 Å². The minimum atomic E-state index is 0.0466. The van der Waals surface area contributed by atoms with Crippen molar-refractivity contribution in [3.8, 4) is 5.75 Å². The van der Waals surface area contributed by atoms with Crippen molar-refractivity contribution in [2.75, 3.05) is 13.7 Å². The molecule has 6 heteroatoms. The predicted molar refractivity (Wildman–Crippen MR) is 112 cm³/mol. The zero-order valence-corrected chi connectivity index (χ0v) is 17.2. The first kappa shape index (κ1) is 20.1. The number of para-hydroxylation sites is 1. The Labute approximate surface area is 170 Å². The lowest BCUT2D eigenvalue weighted by atomic mass is 10.2. The van der Waals surface area contributed by atoms with Crippen LogP contribution in [0.25, 0.3) is 10.9 Å². The van der Waals surface area contributed by atoms with Crippen LogP contribution in [0.2, 0.25) is 5.02 Å². The van der Waals surface area contributed by atoms with E-state index in [0.29, 0.717) is 31.8 Å². The minimum Gasteiger partial charge on any atom is -0.494 e. The number of rotatable bonds is 7. The van der Waals surface area contributed by atoms with Gasteiger partial charge in [-0.25, -0.2) is 9.97 Å². The Bertz CT molecular complexity index is 991. The van der Waals surface area contributed by atoms with Crippen molar-refractivity contribution in [1.82, 2.24) is 14.9 Å². The van der Waals surface area contributed by atoms with E-state index in [1.807, 2.05) is 56.3 Å². The van der Waals surface area contributed by atoms with Crippen LogP contribution < -0.4 is 4.74 Å². The lowest BCUT2D eigenvalue weighted by molar-refractivity contribution is -0.130. The van der Waals surface area contributed by atoms with E-state index in [0.717, 1.165) is 32.9 Å². The number of carbonyl (C=O) groups excluding carboxylic acids is 1. The molecule has 3 rings (SSSR count). The van der Waals surface area contributed by atoms with E-state index in [2.05, 4.69) is 9.97 Å². The normalized spacial score (nSPS) is 10.9. The second kappa shape index (κ2) is 9.02. The highest BCUT2D eigenvalue weighted by Crippen LogP contribution is 2.21. The van der Waals surface area contributed by atoms with Crippen molar-refractivity contribution in [3.63, 3.8) is 0 Å². The molecule has 1 aromatic heterocycles. The number of nitrogens with zero attached hydrogens (tertiary/aromatic N) is 3. The number of benzene rings is 2. The quantitative estimate of drug-likeness (QED) is 0.541. The van der Waals surface area contributed by atoms with Crippen LogP contribution in [0.3, 0.4) is 0 Å². The van der Waals surface area contributed by atoms with Crippen molar-refractivity contribution < 1.29 is 9.53 Å². The lowest BCUT2D eigenvalue weighted by Crippen LogP contribution is -2.27. The van der Waals surface area contributed by atoms with E-state index >= 15 is 0 Å². The number of carbonyl (C=O) groups is 1. The summed E-state index contributed by atoms with van der Waals surface area (Å²) in [6.07, 6.45) is 1.05. The highest BCUT2D eigenvalue weighted by atomic mass is 35.5. The minimum absolute atomic E-state index is 0.0466. The Balaban J connectivity index is 1.50. The first-order valence-electron chi connectivity index (χ1n) is 9.29. The Morgan fingerprint density at radius 2 is 1.93 bits per heavy atom. The molecule has 0 spiro atoms. The fraction of sp³-hybridized carbons (Fsp3) is 0.318. The molecule has 0 aliphatic rings. The maximum absolute atomic E-state index is 12.4. The highest BCUT2D eigenvalue weighted by Gasteiger charge is 2.12. The summed E-state index contributed by atoms with van der Waals surface area (Å²) in [7, 11) is 1.78. The second-order valence-electron chi connectivity index (χ2n) is 6.86. The maximum atomic E-state index is 12.4. The number of amides is 1. The van der Waals surface area contributed by atoms with Crippen LogP contribution in [0.1, 0.15) is 29.9 Å². The van der Waals surface area contributed by atoms with Crippen LogP contribution >= 0.6 is 11.6 Å². The third-order valence-corrected chi connectivity index (χ3v) is 5.00. The number of hydrogen-bond donors (Lipinski definition) is 0. The zero-order chi connectivity index (χ0) is 20.1. The average molecular weight is 398 g/mol. The number of fused-ring (bicyclic) bond motifs is 1. The maximum Gasteiger partial charge on any atom is 0.222 e. The summed E-state index contributed by atoms with van der Waals surface area (Å²) >= 11 is 6.01. The largest absolute Gasteiger partial charge is 0.494 e. The molecular weight excluding hydrogens is 374 g/mol. The summed E-state index contributed by atoms with van der Waals surface area (Å²) in [6.45, 7) is 4.77. The van der Waals surface area contributed by atoms with Crippen LogP contribution in [-0.4, -0.2) is 34.4 Å². The summed E-state index contributed by atoms with van der Waals surface area (Å²) in [5.74, 6) is 1.47. The number of ether oxygens (including phenoxy) is 1. The third-order valence-electron chi connectivity index (χ3n) is 4.58. The monoisotopic (exact) mass is 397 g/mol. The van der Waals surface area contributed by atoms with Crippen molar-refractivity contribution in [1.29, 1.82) is 0 Å². The SMILES string of the molecule is Cc1cc(OCCCC(=O)N(C)Cc2nc(C)c3ccccc3n2)ccc1Cl. The lowest BCUT2D eigenvalue weighted by Gasteiger charge is -2.17. The fourth-order valence-electron chi connectivity index (χ4n) is 2.98. The van der Waals surface area contributed by atoms with Gasteiger partial charge in [-0.3, -0.25) is 4.79 Å². The Morgan fingerprint density at radius 1 is 1.14 bits per heavy atom. The summed E-state index contributed by atoms with van der Waals surface area (Å²) < 4.78 is 5.70. The molecule has 1 heterocycles. The molecule has 1 amide bonds. The molecule has 3 aromatic rings. The Hall–Kier alpha value is -2.66. The van der Waals surface area contributed by atoms with Gasteiger partial charge in [0.15, 0.2) is 0 Å². The first-order chi connectivity index (χ1) is 13.4. The molecule has 0 fully saturated rings. The number of aryl methyl sites for hydroxylation is 2. The van der Waals surface area contributed by atoms with Crippen LogP contribution in [0.4, 0.5) is 0 Å². The van der Waals surface area contributed by atoms with Gasteiger partial charge in [0.25, 0.3) is 0 Å². The van der Waals surface area contributed by atoms with E-state index in [1.165, 1.54) is 0 Å².